The first-order valence-corrected chi connectivity index (χ1v) is 8.92. The van der Waals surface area contributed by atoms with Crippen LogP contribution in [0.2, 0.25) is 0 Å². The number of carbonyl (C=O) groups excluding carboxylic acids is 1. The van der Waals surface area contributed by atoms with Crippen molar-refractivity contribution < 1.29 is 4.79 Å². The molecule has 0 atom stereocenters. The van der Waals surface area contributed by atoms with E-state index >= 15 is 0 Å². The number of aromatic nitrogens is 4. The Morgan fingerprint density at radius 3 is 2.56 bits per heavy atom. The van der Waals surface area contributed by atoms with Gasteiger partial charge in [-0.15, -0.1) is 0 Å². The molecule has 27 heavy (non-hydrogen) atoms. The first-order chi connectivity index (χ1) is 12.9. The van der Waals surface area contributed by atoms with Gasteiger partial charge in [-0.3, -0.25) is 0 Å². The van der Waals surface area contributed by atoms with Gasteiger partial charge in [-0.25, -0.2) is 19.4 Å². The fraction of sp³-hybridized carbons (Fsp3) is 0.500. The molecule has 0 unspecified atom stereocenters. The number of rotatable bonds is 3. The van der Waals surface area contributed by atoms with E-state index in [0.29, 0.717) is 38.3 Å². The summed E-state index contributed by atoms with van der Waals surface area (Å²) < 4.78 is 1.82. The maximum absolute atomic E-state index is 12.5. The van der Waals surface area contributed by atoms with Gasteiger partial charge in [-0.2, -0.15) is 10.4 Å². The third kappa shape index (κ3) is 4.34. The number of nitrogens with one attached hydrogen (secondary N) is 1. The Hall–Kier alpha value is -3.15. The van der Waals surface area contributed by atoms with Crippen LogP contribution < -0.4 is 10.2 Å². The quantitative estimate of drug-likeness (QED) is 0.877. The Morgan fingerprint density at radius 2 is 1.96 bits per heavy atom. The molecule has 1 fully saturated rings. The Bertz CT molecular complexity index is 822. The van der Waals surface area contributed by atoms with Crippen molar-refractivity contribution >= 4 is 11.8 Å². The average Bonchev–Trinajstić information content (AvgIpc) is 3.15. The summed E-state index contributed by atoms with van der Waals surface area (Å²) in [5, 5.41) is 16.0. The zero-order valence-electron chi connectivity index (χ0n) is 15.9. The normalized spacial score (nSPS) is 14.7. The second-order valence-electron chi connectivity index (χ2n) is 7.41. The minimum absolute atomic E-state index is 0.106. The maximum Gasteiger partial charge on any atom is 0.317 e. The summed E-state index contributed by atoms with van der Waals surface area (Å²) in [6.45, 7) is 9.09. The van der Waals surface area contributed by atoms with E-state index in [-0.39, 0.29) is 11.6 Å². The summed E-state index contributed by atoms with van der Waals surface area (Å²) in [6.07, 6.45) is 3.08. The van der Waals surface area contributed by atoms with E-state index in [1.165, 1.54) is 6.33 Å². The highest BCUT2D eigenvalue weighted by atomic mass is 16.2. The first-order valence-electron chi connectivity index (χ1n) is 8.92. The molecule has 9 nitrogen and oxygen atoms in total. The molecule has 0 saturated carbocycles. The topological polar surface area (TPSA) is 103 Å². The average molecular weight is 368 g/mol. The van der Waals surface area contributed by atoms with Gasteiger partial charge in [-0.1, -0.05) is 0 Å². The molecule has 1 saturated heterocycles. The number of hydrogen-bond donors (Lipinski definition) is 1. The monoisotopic (exact) mass is 368 g/mol. The molecule has 0 radical (unpaired) electrons. The molecule has 0 aliphatic carbocycles. The van der Waals surface area contributed by atoms with Gasteiger partial charge in [-0.05, 0) is 32.9 Å². The number of anilines is 1. The van der Waals surface area contributed by atoms with Crippen LogP contribution in [0.15, 0.2) is 24.7 Å². The van der Waals surface area contributed by atoms with E-state index in [1.54, 1.807) is 17.2 Å². The van der Waals surface area contributed by atoms with Gasteiger partial charge in [0, 0.05) is 32.4 Å². The number of pyridine rings is 1. The van der Waals surface area contributed by atoms with Crippen LogP contribution in [-0.2, 0) is 12.1 Å². The highest BCUT2D eigenvalue weighted by Crippen LogP contribution is 2.15. The molecule has 9 heteroatoms. The smallest absolute Gasteiger partial charge is 0.317 e. The number of carbonyl (C=O) groups is 1. The minimum atomic E-state index is -0.184. The molecule has 2 amide bonds. The summed E-state index contributed by atoms with van der Waals surface area (Å²) in [7, 11) is 0. The third-order valence-corrected chi connectivity index (χ3v) is 4.42. The number of piperazine rings is 1. The SMILES string of the molecule is CC(C)(C)n1ncnc1CNC(=O)N1CCN(c2ccc(C#N)cn2)CC1. The minimum Gasteiger partial charge on any atom is -0.353 e. The Morgan fingerprint density at radius 1 is 1.22 bits per heavy atom. The van der Waals surface area contributed by atoms with Crippen molar-refractivity contribution in [3.05, 3.63) is 36.0 Å². The van der Waals surface area contributed by atoms with E-state index < -0.39 is 0 Å². The van der Waals surface area contributed by atoms with Crippen LogP contribution in [0, 0.1) is 11.3 Å². The van der Waals surface area contributed by atoms with E-state index in [1.807, 2.05) is 31.5 Å². The van der Waals surface area contributed by atoms with Crippen molar-refractivity contribution in [2.45, 2.75) is 32.9 Å². The Kier molecular flexibility index (Phi) is 5.26. The number of amides is 2. The predicted octanol–water partition coefficient (Wildman–Crippen LogP) is 1.33. The largest absolute Gasteiger partial charge is 0.353 e. The van der Waals surface area contributed by atoms with Crippen LogP contribution in [0.3, 0.4) is 0 Å². The van der Waals surface area contributed by atoms with Crippen molar-refractivity contribution in [2.24, 2.45) is 0 Å². The highest BCUT2D eigenvalue weighted by molar-refractivity contribution is 5.74. The standard InChI is InChI=1S/C18H24N8O/c1-18(2,3)26-16(22-13-23-26)12-21-17(27)25-8-6-24(7-9-25)15-5-4-14(10-19)11-20-15/h4-5,11,13H,6-9,12H2,1-3H3,(H,21,27). The first kappa shape index (κ1) is 18.6. The van der Waals surface area contributed by atoms with E-state index in [9.17, 15) is 4.79 Å². The molecule has 3 heterocycles. The second kappa shape index (κ2) is 7.61. The zero-order valence-corrected chi connectivity index (χ0v) is 15.9. The lowest BCUT2D eigenvalue weighted by Gasteiger charge is -2.35. The molecule has 1 aliphatic rings. The molecule has 0 aromatic carbocycles. The van der Waals surface area contributed by atoms with Gasteiger partial charge in [0.05, 0.1) is 17.6 Å². The molecule has 0 spiro atoms. The molecule has 1 N–H and O–H groups in total. The van der Waals surface area contributed by atoms with Gasteiger partial charge in [0.2, 0.25) is 0 Å². The predicted molar refractivity (Wildman–Crippen MR) is 100.0 cm³/mol. The van der Waals surface area contributed by atoms with Gasteiger partial charge < -0.3 is 15.1 Å². The fourth-order valence-corrected chi connectivity index (χ4v) is 2.99. The summed E-state index contributed by atoms with van der Waals surface area (Å²) in [5.41, 5.74) is 0.357. The van der Waals surface area contributed by atoms with Crippen molar-refractivity contribution in [3.8, 4) is 6.07 Å². The van der Waals surface area contributed by atoms with Crippen LogP contribution in [0.5, 0.6) is 0 Å². The third-order valence-electron chi connectivity index (χ3n) is 4.42. The van der Waals surface area contributed by atoms with Crippen LogP contribution in [-0.4, -0.2) is 56.9 Å². The maximum atomic E-state index is 12.5. The number of hydrogen-bond acceptors (Lipinski definition) is 6. The fourth-order valence-electron chi connectivity index (χ4n) is 2.99. The van der Waals surface area contributed by atoms with Crippen molar-refractivity contribution in [1.82, 2.24) is 30.0 Å². The van der Waals surface area contributed by atoms with E-state index in [2.05, 4.69) is 31.4 Å². The summed E-state index contributed by atoms with van der Waals surface area (Å²) >= 11 is 0. The molecule has 0 bridgehead atoms. The number of nitriles is 1. The molecular formula is C18H24N8O. The summed E-state index contributed by atoms with van der Waals surface area (Å²) in [5.74, 6) is 1.56. The molecule has 2 aromatic heterocycles. The lowest BCUT2D eigenvalue weighted by Crippen LogP contribution is -2.52. The lowest BCUT2D eigenvalue weighted by atomic mass is 10.1. The van der Waals surface area contributed by atoms with Crippen molar-refractivity contribution in [3.63, 3.8) is 0 Å². The van der Waals surface area contributed by atoms with E-state index in [0.717, 1.165) is 11.6 Å². The molecule has 2 aromatic rings. The van der Waals surface area contributed by atoms with Gasteiger partial charge in [0.15, 0.2) is 0 Å². The zero-order chi connectivity index (χ0) is 19.4. The van der Waals surface area contributed by atoms with Gasteiger partial charge in [0.25, 0.3) is 0 Å². The molecule has 3 rings (SSSR count). The lowest BCUT2D eigenvalue weighted by molar-refractivity contribution is 0.193. The summed E-state index contributed by atoms with van der Waals surface area (Å²) in [6, 6.07) is 5.56. The van der Waals surface area contributed by atoms with Gasteiger partial charge >= 0.3 is 6.03 Å². The number of nitrogens with zero attached hydrogens (tertiary/aromatic N) is 7. The Labute approximate surface area is 158 Å². The van der Waals surface area contributed by atoms with Gasteiger partial charge in [0.1, 0.15) is 24.0 Å². The van der Waals surface area contributed by atoms with Crippen LogP contribution in [0.4, 0.5) is 10.6 Å². The Balaban J connectivity index is 1.51. The van der Waals surface area contributed by atoms with Crippen LogP contribution in [0.1, 0.15) is 32.2 Å². The van der Waals surface area contributed by atoms with Crippen LogP contribution in [0.25, 0.3) is 0 Å². The molecule has 142 valence electrons. The van der Waals surface area contributed by atoms with Crippen LogP contribution >= 0.6 is 0 Å². The highest BCUT2D eigenvalue weighted by Gasteiger charge is 2.23. The van der Waals surface area contributed by atoms with Crippen molar-refractivity contribution in [2.75, 3.05) is 31.1 Å². The molecular weight excluding hydrogens is 344 g/mol. The number of urea groups is 1. The molecule has 1 aliphatic heterocycles. The second-order valence-corrected chi connectivity index (χ2v) is 7.41. The van der Waals surface area contributed by atoms with Crippen molar-refractivity contribution in [1.29, 1.82) is 5.26 Å². The van der Waals surface area contributed by atoms with E-state index in [4.69, 9.17) is 5.26 Å². The summed E-state index contributed by atoms with van der Waals surface area (Å²) in [4.78, 5) is 24.9.